The Bertz CT molecular complexity index is 444. The van der Waals surface area contributed by atoms with Gasteiger partial charge in [0.15, 0.2) is 0 Å². The molecule has 0 heterocycles. The molecule has 0 spiro atoms. The van der Waals surface area contributed by atoms with E-state index in [1.54, 1.807) is 14.2 Å². The second kappa shape index (κ2) is 6.81. The van der Waals surface area contributed by atoms with Crippen LogP contribution in [0.5, 0.6) is 11.5 Å². The predicted molar refractivity (Wildman–Crippen MR) is 75.3 cm³/mol. The fourth-order valence-electron chi connectivity index (χ4n) is 1.93. The van der Waals surface area contributed by atoms with E-state index in [0.717, 1.165) is 24.6 Å². The highest BCUT2D eigenvalue weighted by molar-refractivity contribution is 5.27. The predicted octanol–water partition coefficient (Wildman–Crippen LogP) is 1.97. The van der Waals surface area contributed by atoms with Crippen LogP contribution in [0.2, 0.25) is 0 Å². The van der Waals surface area contributed by atoms with Gasteiger partial charge < -0.3 is 14.8 Å². The molecule has 100 valence electrons. The second-order valence-corrected chi connectivity index (χ2v) is 4.39. The first-order valence-electron chi connectivity index (χ1n) is 6.39. The highest BCUT2D eigenvalue weighted by Crippen LogP contribution is 2.11. The minimum atomic E-state index is 0.902. The third kappa shape index (κ3) is 4.00. The maximum atomic E-state index is 5.14. The normalized spacial score (nSPS) is 10.2. The topological polar surface area (TPSA) is 35.1 Å². The molecule has 0 fully saturated rings. The molecule has 0 aliphatic rings. The largest absolute Gasteiger partial charge is 0.497 e. The van der Waals surface area contributed by atoms with E-state index in [2.05, 4.69) is 29.6 Å². The molecule has 2 N–H and O–H groups in total. The van der Waals surface area contributed by atoms with Crippen molar-refractivity contribution in [2.45, 2.75) is 13.1 Å². The maximum absolute atomic E-state index is 5.14. The van der Waals surface area contributed by atoms with Gasteiger partial charge in [0.05, 0.1) is 14.2 Å². The van der Waals surface area contributed by atoms with Gasteiger partial charge in [-0.05, 0) is 48.5 Å². The van der Waals surface area contributed by atoms with Crippen LogP contribution in [-0.4, -0.2) is 14.2 Å². The van der Waals surface area contributed by atoms with Crippen LogP contribution in [0.3, 0.4) is 0 Å². The van der Waals surface area contributed by atoms with Crippen LogP contribution in [0.15, 0.2) is 48.5 Å². The summed E-state index contributed by atoms with van der Waals surface area (Å²) in [6.07, 6.45) is 0. The Morgan fingerprint density at radius 3 is 1.37 bits per heavy atom. The Kier molecular flexibility index (Phi) is 4.81. The first kappa shape index (κ1) is 13.4. The number of benzene rings is 2. The molecule has 3 nitrogen and oxygen atoms in total. The van der Waals surface area contributed by atoms with E-state index in [0.29, 0.717) is 0 Å². The summed E-state index contributed by atoms with van der Waals surface area (Å²) in [5.74, 6) is 1.80. The van der Waals surface area contributed by atoms with Crippen LogP contribution < -0.4 is 14.8 Å². The number of hydrogen-bond donors (Lipinski definition) is 1. The van der Waals surface area contributed by atoms with E-state index in [1.807, 2.05) is 24.3 Å². The molecule has 0 saturated heterocycles. The fraction of sp³-hybridized carbons (Fsp3) is 0.250. The van der Waals surface area contributed by atoms with Crippen LogP contribution in [0.25, 0.3) is 0 Å². The number of ether oxygens (including phenoxy) is 2. The van der Waals surface area contributed by atoms with Crippen LogP contribution in [0, 0.1) is 0 Å². The summed E-state index contributed by atoms with van der Waals surface area (Å²) in [5.41, 5.74) is 2.60. The average molecular weight is 258 g/mol. The van der Waals surface area contributed by atoms with Crippen molar-refractivity contribution in [2.75, 3.05) is 14.2 Å². The van der Waals surface area contributed by atoms with Gasteiger partial charge in [0.25, 0.3) is 0 Å². The summed E-state index contributed by atoms with van der Waals surface area (Å²) >= 11 is 0. The SMILES string of the molecule is COc1ccc(C[NH2+]Cc2ccc(OC)cc2)cc1. The molecule has 2 rings (SSSR count). The summed E-state index contributed by atoms with van der Waals surface area (Å²) in [5, 5.41) is 2.28. The Morgan fingerprint density at radius 2 is 1.05 bits per heavy atom. The molecule has 19 heavy (non-hydrogen) atoms. The van der Waals surface area contributed by atoms with Gasteiger partial charge in [-0.25, -0.2) is 0 Å². The molecule has 0 bridgehead atoms. The van der Waals surface area contributed by atoms with Crippen LogP contribution in [0.4, 0.5) is 0 Å². The lowest BCUT2D eigenvalue weighted by Gasteiger charge is -2.05. The monoisotopic (exact) mass is 258 g/mol. The summed E-state index contributed by atoms with van der Waals surface area (Å²) in [7, 11) is 3.37. The van der Waals surface area contributed by atoms with Gasteiger partial charge in [-0.3, -0.25) is 0 Å². The van der Waals surface area contributed by atoms with E-state index in [-0.39, 0.29) is 0 Å². The molecule has 0 amide bonds. The van der Waals surface area contributed by atoms with Gasteiger partial charge in [0.2, 0.25) is 0 Å². The Balaban J connectivity index is 1.81. The van der Waals surface area contributed by atoms with Crippen molar-refractivity contribution in [3.05, 3.63) is 59.7 Å². The number of nitrogens with two attached hydrogens (primary N) is 1. The van der Waals surface area contributed by atoms with Crippen molar-refractivity contribution < 1.29 is 14.8 Å². The van der Waals surface area contributed by atoms with Gasteiger partial charge in [-0.1, -0.05) is 0 Å². The van der Waals surface area contributed by atoms with Gasteiger partial charge >= 0.3 is 0 Å². The third-order valence-electron chi connectivity index (χ3n) is 3.08. The molecule has 3 heteroatoms. The molecule has 0 atom stereocenters. The van der Waals surface area contributed by atoms with Gasteiger partial charge in [-0.15, -0.1) is 0 Å². The molecule has 0 unspecified atom stereocenters. The number of quaternary nitrogens is 1. The van der Waals surface area contributed by atoms with Gasteiger partial charge in [0, 0.05) is 11.1 Å². The first-order chi connectivity index (χ1) is 9.31. The average Bonchev–Trinajstić information content (AvgIpc) is 2.49. The van der Waals surface area contributed by atoms with Crippen LogP contribution >= 0.6 is 0 Å². The van der Waals surface area contributed by atoms with Crippen LogP contribution in [-0.2, 0) is 13.1 Å². The van der Waals surface area contributed by atoms with Crippen molar-refractivity contribution in [3.63, 3.8) is 0 Å². The Hall–Kier alpha value is -2.00. The maximum Gasteiger partial charge on any atom is 0.118 e. The first-order valence-corrected chi connectivity index (χ1v) is 6.39. The minimum absolute atomic E-state index is 0.902. The molecule has 0 radical (unpaired) electrons. The molecular formula is C16H20NO2+. The van der Waals surface area contributed by atoms with E-state index in [9.17, 15) is 0 Å². The fourth-order valence-corrected chi connectivity index (χ4v) is 1.93. The molecular weight excluding hydrogens is 238 g/mol. The molecule has 2 aromatic carbocycles. The Morgan fingerprint density at radius 1 is 0.684 bits per heavy atom. The second-order valence-electron chi connectivity index (χ2n) is 4.39. The lowest BCUT2D eigenvalue weighted by Crippen LogP contribution is -2.80. The van der Waals surface area contributed by atoms with Crippen molar-refractivity contribution in [1.29, 1.82) is 0 Å². The number of rotatable bonds is 6. The van der Waals surface area contributed by atoms with Gasteiger partial charge in [-0.2, -0.15) is 0 Å². The summed E-state index contributed by atoms with van der Waals surface area (Å²) in [4.78, 5) is 0. The van der Waals surface area contributed by atoms with Crippen molar-refractivity contribution in [1.82, 2.24) is 0 Å². The van der Waals surface area contributed by atoms with Crippen molar-refractivity contribution >= 4 is 0 Å². The van der Waals surface area contributed by atoms with Crippen molar-refractivity contribution in [2.24, 2.45) is 0 Å². The molecule has 2 aromatic rings. The van der Waals surface area contributed by atoms with E-state index in [4.69, 9.17) is 9.47 Å². The smallest absolute Gasteiger partial charge is 0.118 e. The minimum Gasteiger partial charge on any atom is -0.497 e. The zero-order valence-corrected chi connectivity index (χ0v) is 11.4. The zero-order chi connectivity index (χ0) is 13.5. The van der Waals surface area contributed by atoms with E-state index < -0.39 is 0 Å². The number of methoxy groups -OCH3 is 2. The highest BCUT2D eigenvalue weighted by atomic mass is 16.5. The van der Waals surface area contributed by atoms with Crippen LogP contribution in [0.1, 0.15) is 11.1 Å². The molecule has 0 saturated carbocycles. The highest BCUT2D eigenvalue weighted by Gasteiger charge is 1.99. The summed E-state index contributed by atoms with van der Waals surface area (Å²) in [6.45, 7) is 1.94. The molecule has 0 aliphatic carbocycles. The lowest BCUT2D eigenvalue weighted by molar-refractivity contribution is -0.686. The summed E-state index contributed by atoms with van der Waals surface area (Å²) in [6, 6.07) is 16.4. The molecule has 0 aromatic heterocycles. The van der Waals surface area contributed by atoms with Gasteiger partial charge in [0.1, 0.15) is 24.6 Å². The van der Waals surface area contributed by atoms with E-state index >= 15 is 0 Å². The Labute approximate surface area is 114 Å². The number of hydrogen-bond acceptors (Lipinski definition) is 2. The van der Waals surface area contributed by atoms with E-state index in [1.165, 1.54) is 11.1 Å². The standard InChI is InChI=1S/C16H19NO2/c1-18-15-7-3-13(4-8-15)11-17-12-14-5-9-16(19-2)10-6-14/h3-10,17H,11-12H2,1-2H3/p+1. The molecule has 0 aliphatic heterocycles. The quantitative estimate of drug-likeness (QED) is 0.859. The zero-order valence-electron chi connectivity index (χ0n) is 11.4. The lowest BCUT2D eigenvalue weighted by atomic mass is 10.2. The third-order valence-corrected chi connectivity index (χ3v) is 3.08. The van der Waals surface area contributed by atoms with Crippen molar-refractivity contribution in [3.8, 4) is 11.5 Å². The summed E-state index contributed by atoms with van der Waals surface area (Å²) < 4.78 is 10.3.